The van der Waals surface area contributed by atoms with Gasteiger partial charge in [-0.3, -0.25) is 9.78 Å². The van der Waals surface area contributed by atoms with Crippen molar-refractivity contribution in [1.29, 1.82) is 0 Å². The van der Waals surface area contributed by atoms with E-state index in [1.165, 1.54) is 12.1 Å². The third-order valence-corrected chi connectivity index (χ3v) is 5.91. The van der Waals surface area contributed by atoms with Gasteiger partial charge in [-0.25, -0.2) is 8.42 Å². The van der Waals surface area contributed by atoms with Gasteiger partial charge in [-0.1, -0.05) is 12.1 Å². The number of nitrogens with two attached hydrogens (primary N) is 2. The molecule has 20 heavy (non-hydrogen) atoms. The van der Waals surface area contributed by atoms with Crippen LogP contribution in [0.5, 0.6) is 0 Å². The first-order valence-electron chi connectivity index (χ1n) is 5.62. The molecule has 2 aromatic rings. The molecule has 8 heteroatoms. The highest BCUT2D eigenvalue weighted by molar-refractivity contribution is 7.94. The second kappa shape index (κ2) is 5.04. The van der Waals surface area contributed by atoms with Gasteiger partial charge < -0.3 is 11.5 Å². The quantitative estimate of drug-likeness (QED) is 0.691. The lowest BCUT2D eigenvalue weighted by molar-refractivity contribution is -0.119. The van der Waals surface area contributed by atoms with Gasteiger partial charge in [-0.15, -0.1) is 0 Å². The number of hydrogen-bond donors (Lipinski definition) is 3. The Kier molecular flexibility index (Phi) is 3.72. The third-order valence-electron chi connectivity index (χ3n) is 3.02. The number of amides is 1. The summed E-state index contributed by atoms with van der Waals surface area (Å²) in [4.78, 5) is 13.1. The number of carbonyl (C=O) groups is 1. The van der Waals surface area contributed by atoms with Crippen LogP contribution in [0, 0.1) is 0 Å². The van der Waals surface area contributed by atoms with Crippen LogP contribution in [0.2, 0.25) is 0 Å². The van der Waals surface area contributed by atoms with E-state index < -0.39 is 26.4 Å². The molecule has 1 heterocycles. The van der Waals surface area contributed by atoms with Crippen LogP contribution in [0.15, 0.2) is 41.4 Å². The van der Waals surface area contributed by atoms with Gasteiger partial charge in [0, 0.05) is 17.3 Å². The lowest BCUT2D eigenvalue weighted by atomic mass is 10.2. The van der Waals surface area contributed by atoms with Crippen molar-refractivity contribution in [1.82, 2.24) is 4.98 Å². The maximum absolute atomic E-state index is 12.5. The molecule has 1 amide bonds. The predicted octanol–water partition coefficient (Wildman–Crippen LogP) is 0.0786. The molecule has 0 aliphatic heterocycles. The maximum atomic E-state index is 12.5. The summed E-state index contributed by atoms with van der Waals surface area (Å²) < 4.78 is 24.9. The molecule has 1 atom stereocenters. The number of aromatic nitrogens is 1. The lowest BCUT2D eigenvalue weighted by Gasteiger charge is -2.23. The summed E-state index contributed by atoms with van der Waals surface area (Å²) in [5.41, 5.74) is 11.2. The fourth-order valence-electron chi connectivity index (χ4n) is 1.72. The Morgan fingerprint density at radius 3 is 2.65 bits per heavy atom. The summed E-state index contributed by atoms with van der Waals surface area (Å²) in [5, 5.41) is 0.777. The molecular formula is C12H13N3O3S2. The number of thiol groups is 1. The topological polar surface area (TPSA) is 116 Å². The average molecular weight is 311 g/mol. The number of carbonyl (C=O) groups excluding carboxylic acids is 1. The number of nitrogens with zero attached hydrogens (tertiary/aromatic N) is 1. The van der Waals surface area contributed by atoms with E-state index in [0.717, 1.165) is 5.39 Å². The smallest absolute Gasteiger partial charge is 0.254 e. The minimum absolute atomic E-state index is 0.112. The number of sulfone groups is 1. The van der Waals surface area contributed by atoms with Crippen molar-refractivity contribution in [3.05, 3.63) is 36.5 Å². The molecule has 0 radical (unpaired) electrons. The number of benzene rings is 1. The Morgan fingerprint density at radius 1 is 1.35 bits per heavy atom. The number of fused-ring (bicyclic) bond motifs is 1. The molecule has 0 bridgehead atoms. The van der Waals surface area contributed by atoms with E-state index in [0.29, 0.717) is 5.52 Å². The van der Waals surface area contributed by atoms with Gasteiger partial charge in [0.1, 0.15) is 0 Å². The maximum Gasteiger partial charge on any atom is 0.254 e. The van der Waals surface area contributed by atoms with Crippen LogP contribution in [0.1, 0.15) is 0 Å². The normalized spacial score (nSPS) is 14.9. The molecule has 0 fully saturated rings. The highest BCUT2D eigenvalue weighted by Gasteiger charge is 2.45. The highest BCUT2D eigenvalue weighted by Crippen LogP contribution is 2.25. The van der Waals surface area contributed by atoms with E-state index >= 15 is 0 Å². The summed E-state index contributed by atoms with van der Waals surface area (Å²) in [6.07, 6.45) is 1.54. The Labute approximate surface area is 121 Å². The van der Waals surface area contributed by atoms with Crippen molar-refractivity contribution in [2.45, 2.75) is 9.77 Å². The molecule has 0 saturated carbocycles. The number of rotatable bonds is 4. The second-order valence-corrected chi connectivity index (χ2v) is 6.80. The molecule has 106 valence electrons. The molecule has 2 rings (SSSR count). The molecule has 6 nitrogen and oxygen atoms in total. The van der Waals surface area contributed by atoms with Crippen LogP contribution in [-0.2, 0) is 14.6 Å². The zero-order valence-electron chi connectivity index (χ0n) is 10.4. The minimum Gasteiger partial charge on any atom is -0.367 e. The van der Waals surface area contributed by atoms with Crippen molar-refractivity contribution in [3.8, 4) is 0 Å². The average Bonchev–Trinajstić information content (AvgIpc) is 2.45. The SMILES string of the molecule is NC(=O)[C@@](N)(CS)S(=O)(=O)c1ccc2cccnc2c1. The lowest BCUT2D eigenvalue weighted by Crippen LogP contribution is -2.59. The van der Waals surface area contributed by atoms with Crippen molar-refractivity contribution in [3.63, 3.8) is 0 Å². The molecule has 4 N–H and O–H groups in total. The first kappa shape index (κ1) is 14.8. The Morgan fingerprint density at radius 2 is 2.05 bits per heavy atom. The fraction of sp³-hybridized carbons (Fsp3) is 0.167. The first-order valence-corrected chi connectivity index (χ1v) is 7.73. The number of primary amides is 1. The first-order chi connectivity index (χ1) is 9.33. The Bertz CT molecular complexity index is 776. The Balaban J connectivity index is 2.65. The summed E-state index contributed by atoms with van der Waals surface area (Å²) in [7, 11) is -4.15. The van der Waals surface area contributed by atoms with Gasteiger partial charge in [-0.2, -0.15) is 12.6 Å². The van der Waals surface area contributed by atoms with Crippen LogP contribution in [0.4, 0.5) is 0 Å². The molecule has 0 aliphatic carbocycles. The summed E-state index contributed by atoms with van der Waals surface area (Å²) in [6.45, 7) is 0. The van der Waals surface area contributed by atoms with Gasteiger partial charge in [-0.05, 0) is 18.2 Å². The van der Waals surface area contributed by atoms with Gasteiger partial charge in [0.25, 0.3) is 5.91 Å². The van der Waals surface area contributed by atoms with Crippen molar-refractivity contribution in [2.24, 2.45) is 11.5 Å². The van der Waals surface area contributed by atoms with E-state index in [9.17, 15) is 13.2 Å². The van der Waals surface area contributed by atoms with Gasteiger partial charge in [0.15, 0.2) is 0 Å². The summed E-state index contributed by atoms with van der Waals surface area (Å²) in [6, 6.07) is 7.85. The number of hydrogen-bond acceptors (Lipinski definition) is 6. The van der Waals surface area contributed by atoms with Gasteiger partial charge in [0.2, 0.25) is 14.7 Å². The molecule has 0 unspecified atom stereocenters. The number of pyridine rings is 1. The van der Waals surface area contributed by atoms with Crippen molar-refractivity contribution < 1.29 is 13.2 Å². The van der Waals surface area contributed by atoms with Crippen LogP contribution in [-0.4, -0.2) is 29.9 Å². The molecule has 1 aromatic carbocycles. The minimum atomic E-state index is -4.15. The van der Waals surface area contributed by atoms with E-state index in [-0.39, 0.29) is 4.90 Å². The van der Waals surface area contributed by atoms with Crippen LogP contribution in [0.3, 0.4) is 0 Å². The molecule has 0 saturated heterocycles. The zero-order valence-corrected chi connectivity index (χ0v) is 12.1. The van der Waals surface area contributed by atoms with Crippen molar-refractivity contribution in [2.75, 3.05) is 5.75 Å². The summed E-state index contributed by atoms with van der Waals surface area (Å²) >= 11 is 3.84. The predicted molar refractivity (Wildman–Crippen MR) is 78.9 cm³/mol. The molecule has 0 spiro atoms. The fourth-order valence-corrected chi connectivity index (χ4v) is 3.75. The largest absolute Gasteiger partial charge is 0.367 e. The second-order valence-electron chi connectivity index (χ2n) is 4.27. The van der Waals surface area contributed by atoms with E-state index in [2.05, 4.69) is 17.6 Å². The van der Waals surface area contributed by atoms with Crippen LogP contribution >= 0.6 is 12.6 Å². The summed E-state index contributed by atoms with van der Waals surface area (Å²) in [5.74, 6) is -1.56. The Hall–Kier alpha value is -1.64. The molecular weight excluding hydrogens is 298 g/mol. The third kappa shape index (κ3) is 2.15. The standard InChI is InChI=1S/C12H13N3O3S2/c13-11(16)12(14,7-19)20(17,18)9-4-3-8-2-1-5-15-10(8)6-9/h1-6,19H,7,14H2,(H2,13,16)/t12-/m1/s1. The molecule has 0 aliphatic rings. The van der Waals surface area contributed by atoms with Gasteiger partial charge >= 0.3 is 0 Å². The molecule has 1 aromatic heterocycles. The van der Waals surface area contributed by atoms with Gasteiger partial charge in [0.05, 0.1) is 10.4 Å². The monoisotopic (exact) mass is 311 g/mol. The van der Waals surface area contributed by atoms with Crippen LogP contribution in [0.25, 0.3) is 10.9 Å². The van der Waals surface area contributed by atoms with E-state index in [1.807, 2.05) is 0 Å². The zero-order chi connectivity index (χ0) is 15.0. The van der Waals surface area contributed by atoms with Crippen molar-refractivity contribution >= 4 is 39.3 Å². The van der Waals surface area contributed by atoms with Crippen LogP contribution < -0.4 is 11.5 Å². The van der Waals surface area contributed by atoms with E-state index in [1.54, 1.807) is 24.4 Å². The van der Waals surface area contributed by atoms with E-state index in [4.69, 9.17) is 11.5 Å². The highest BCUT2D eigenvalue weighted by atomic mass is 32.2.